The van der Waals surface area contributed by atoms with Crippen molar-refractivity contribution >= 4 is 34.8 Å². The van der Waals surface area contributed by atoms with E-state index in [-0.39, 0.29) is 5.84 Å². The Kier molecular flexibility index (Phi) is 4.03. The van der Waals surface area contributed by atoms with Crippen LogP contribution in [0, 0.1) is 0 Å². The number of aliphatic imine (C=N–C) groups is 1. The highest BCUT2D eigenvalue weighted by molar-refractivity contribution is 6.62. The first-order chi connectivity index (χ1) is 12.8. The molecule has 1 fully saturated rings. The topological polar surface area (TPSA) is 53.0 Å². The number of urea groups is 1. The molecule has 1 saturated heterocycles. The minimum Gasteiger partial charge on any atom is -0.265 e. The summed E-state index contributed by atoms with van der Waals surface area (Å²) >= 11 is 0. The SMILES string of the molecule is O=C1C(=Nc2ccccc2)N(c2ccccc2)C(=O)N1c1ccccc1. The molecule has 0 bridgehead atoms. The summed E-state index contributed by atoms with van der Waals surface area (Å²) in [7, 11) is 0. The third-order valence-corrected chi connectivity index (χ3v) is 4.01. The molecule has 0 aliphatic carbocycles. The number of nitrogens with zero attached hydrogens (tertiary/aromatic N) is 3. The first kappa shape index (κ1) is 15.8. The van der Waals surface area contributed by atoms with Gasteiger partial charge in [-0.15, -0.1) is 0 Å². The van der Waals surface area contributed by atoms with Crippen LogP contribution in [-0.4, -0.2) is 17.8 Å². The van der Waals surface area contributed by atoms with Crippen LogP contribution >= 0.6 is 0 Å². The van der Waals surface area contributed by atoms with E-state index in [9.17, 15) is 9.59 Å². The number of imide groups is 1. The van der Waals surface area contributed by atoms with Crippen LogP contribution in [0.1, 0.15) is 0 Å². The second kappa shape index (κ2) is 6.64. The Balaban J connectivity index is 1.85. The summed E-state index contributed by atoms with van der Waals surface area (Å²) in [6, 6.07) is 26.6. The molecule has 126 valence electrons. The van der Waals surface area contributed by atoms with Crippen LogP contribution in [0.15, 0.2) is 96.0 Å². The van der Waals surface area contributed by atoms with Crippen molar-refractivity contribution in [3.8, 4) is 0 Å². The molecule has 1 aliphatic heterocycles. The molecule has 5 heteroatoms. The zero-order chi connectivity index (χ0) is 17.9. The number of amidine groups is 1. The predicted octanol–water partition coefficient (Wildman–Crippen LogP) is 4.39. The normalized spacial score (nSPS) is 15.8. The number of hydrogen-bond donors (Lipinski definition) is 0. The summed E-state index contributed by atoms with van der Waals surface area (Å²) in [6.07, 6.45) is 0. The summed E-state index contributed by atoms with van der Waals surface area (Å²) in [5.74, 6) is -0.370. The summed E-state index contributed by atoms with van der Waals surface area (Å²) in [5, 5.41) is 0. The standard InChI is InChI=1S/C21H15N3O2/c25-20-19(22-16-10-4-1-5-11-16)23(17-12-6-2-7-13-17)21(26)24(20)18-14-8-3-9-15-18/h1-15H. The number of carbonyl (C=O) groups is 2. The van der Waals surface area contributed by atoms with Gasteiger partial charge in [-0.25, -0.2) is 19.6 Å². The van der Waals surface area contributed by atoms with E-state index in [1.54, 1.807) is 48.5 Å². The highest BCUT2D eigenvalue weighted by atomic mass is 16.2. The quantitative estimate of drug-likeness (QED) is 0.664. The number of anilines is 2. The fraction of sp³-hybridized carbons (Fsp3) is 0. The van der Waals surface area contributed by atoms with E-state index < -0.39 is 11.9 Å². The summed E-state index contributed by atoms with van der Waals surface area (Å²) in [4.78, 5) is 33.1. The first-order valence-corrected chi connectivity index (χ1v) is 8.18. The Bertz CT molecular complexity index is 970. The molecule has 0 spiro atoms. The van der Waals surface area contributed by atoms with Crippen LogP contribution in [0.3, 0.4) is 0 Å². The van der Waals surface area contributed by atoms with Crippen molar-refractivity contribution < 1.29 is 9.59 Å². The molecular formula is C21H15N3O2. The van der Waals surface area contributed by atoms with Crippen LogP contribution in [-0.2, 0) is 4.79 Å². The largest absolute Gasteiger partial charge is 0.342 e. The summed E-state index contributed by atoms with van der Waals surface area (Å²) in [5.41, 5.74) is 1.72. The number of hydrogen-bond acceptors (Lipinski definition) is 3. The van der Waals surface area contributed by atoms with Gasteiger partial charge in [-0.05, 0) is 36.4 Å². The van der Waals surface area contributed by atoms with Crippen molar-refractivity contribution in [2.75, 3.05) is 9.80 Å². The molecule has 4 rings (SSSR count). The lowest BCUT2D eigenvalue weighted by Crippen LogP contribution is -2.33. The van der Waals surface area contributed by atoms with Crippen LogP contribution in [0.5, 0.6) is 0 Å². The maximum Gasteiger partial charge on any atom is 0.342 e. The Morgan fingerprint density at radius 3 is 1.58 bits per heavy atom. The van der Waals surface area contributed by atoms with Gasteiger partial charge in [0.05, 0.1) is 17.1 Å². The summed E-state index contributed by atoms with van der Waals surface area (Å²) in [6.45, 7) is 0. The molecule has 26 heavy (non-hydrogen) atoms. The molecule has 1 heterocycles. The lowest BCUT2D eigenvalue weighted by molar-refractivity contribution is -0.111. The zero-order valence-electron chi connectivity index (χ0n) is 13.8. The van der Waals surface area contributed by atoms with E-state index in [1.165, 1.54) is 4.90 Å². The highest BCUT2D eigenvalue weighted by Crippen LogP contribution is 2.28. The van der Waals surface area contributed by atoms with E-state index in [2.05, 4.69) is 4.99 Å². The maximum absolute atomic E-state index is 13.1. The van der Waals surface area contributed by atoms with Crippen molar-refractivity contribution in [1.29, 1.82) is 0 Å². The molecule has 1 aliphatic rings. The molecular weight excluding hydrogens is 326 g/mol. The van der Waals surface area contributed by atoms with E-state index in [4.69, 9.17) is 0 Å². The van der Waals surface area contributed by atoms with Gasteiger partial charge in [-0.2, -0.15) is 0 Å². The van der Waals surface area contributed by atoms with E-state index >= 15 is 0 Å². The van der Waals surface area contributed by atoms with Gasteiger partial charge in [0.15, 0.2) is 0 Å². The van der Waals surface area contributed by atoms with Crippen LogP contribution < -0.4 is 9.80 Å². The van der Waals surface area contributed by atoms with Gasteiger partial charge < -0.3 is 0 Å². The van der Waals surface area contributed by atoms with Gasteiger partial charge in [0.1, 0.15) is 0 Å². The second-order valence-corrected chi connectivity index (χ2v) is 5.70. The Hall–Kier alpha value is -3.73. The Morgan fingerprint density at radius 2 is 1.04 bits per heavy atom. The van der Waals surface area contributed by atoms with Crippen molar-refractivity contribution in [1.82, 2.24) is 0 Å². The monoisotopic (exact) mass is 341 g/mol. The molecule has 0 unspecified atom stereocenters. The maximum atomic E-state index is 13.1. The molecule has 3 aromatic rings. The van der Waals surface area contributed by atoms with Crippen LogP contribution in [0.2, 0.25) is 0 Å². The number of benzene rings is 3. The second-order valence-electron chi connectivity index (χ2n) is 5.70. The smallest absolute Gasteiger partial charge is 0.265 e. The van der Waals surface area contributed by atoms with Crippen molar-refractivity contribution in [3.63, 3.8) is 0 Å². The van der Waals surface area contributed by atoms with Crippen molar-refractivity contribution in [3.05, 3.63) is 91.0 Å². The van der Waals surface area contributed by atoms with Gasteiger partial charge in [-0.1, -0.05) is 54.6 Å². The predicted molar refractivity (Wildman–Crippen MR) is 102 cm³/mol. The third kappa shape index (κ3) is 2.75. The molecule has 0 atom stereocenters. The number of amides is 3. The molecule has 3 amide bonds. The molecule has 5 nitrogen and oxygen atoms in total. The Labute approximate surface area is 150 Å². The van der Waals surface area contributed by atoms with Gasteiger partial charge in [0.2, 0.25) is 5.84 Å². The van der Waals surface area contributed by atoms with Crippen molar-refractivity contribution in [2.24, 2.45) is 4.99 Å². The highest BCUT2D eigenvalue weighted by Gasteiger charge is 2.44. The van der Waals surface area contributed by atoms with E-state index in [0.29, 0.717) is 17.1 Å². The van der Waals surface area contributed by atoms with Gasteiger partial charge in [0.25, 0.3) is 0 Å². The average molecular weight is 341 g/mol. The fourth-order valence-corrected chi connectivity index (χ4v) is 2.81. The van der Waals surface area contributed by atoms with E-state index in [1.807, 2.05) is 42.5 Å². The number of para-hydroxylation sites is 3. The zero-order valence-corrected chi connectivity index (χ0v) is 13.8. The summed E-state index contributed by atoms with van der Waals surface area (Å²) < 4.78 is 0. The lowest BCUT2D eigenvalue weighted by Gasteiger charge is -2.16. The molecule has 0 aromatic heterocycles. The lowest BCUT2D eigenvalue weighted by atomic mass is 10.3. The number of rotatable bonds is 3. The van der Waals surface area contributed by atoms with Crippen LogP contribution in [0.4, 0.5) is 21.9 Å². The molecule has 0 saturated carbocycles. The number of carbonyl (C=O) groups excluding carboxylic acids is 2. The fourth-order valence-electron chi connectivity index (χ4n) is 2.81. The van der Waals surface area contributed by atoms with Crippen LogP contribution in [0.25, 0.3) is 0 Å². The minimum atomic E-state index is -0.450. The van der Waals surface area contributed by atoms with Gasteiger partial charge in [0, 0.05) is 0 Å². The van der Waals surface area contributed by atoms with Crippen molar-refractivity contribution in [2.45, 2.75) is 0 Å². The van der Waals surface area contributed by atoms with Gasteiger partial charge >= 0.3 is 11.9 Å². The Morgan fingerprint density at radius 1 is 0.577 bits per heavy atom. The third-order valence-electron chi connectivity index (χ3n) is 4.01. The molecule has 0 N–H and O–H groups in total. The minimum absolute atomic E-state index is 0.0799. The molecule has 3 aromatic carbocycles. The first-order valence-electron chi connectivity index (χ1n) is 8.18. The van der Waals surface area contributed by atoms with E-state index in [0.717, 1.165) is 4.90 Å². The average Bonchev–Trinajstić information content (AvgIpc) is 2.94. The molecule has 0 radical (unpaired) electrons. The van der Waals surface area contributed by atoms with Gasteiger partial charge in [-0.3, -0.25) is 4.79 Å².